The molecule has 0 radical (unpaired) electrons. The fourth-order valence-electron chi connectivity index (χ4n) is 2.08. The molecule has 0 saturated heterocycles. The van der Waals surface area contributed by atoms with Gasteiger partial charge in [0.05, 0.1) is 6.33 Å². The number of benzene rings is 2. The van der Waals surface area contributed by atoms with Crippen molar-refractivity contribution in [1.29, 1.82) is 0 Å². The molecule has 4 aromatic rings. The predicted octanol–water partition coefficient (Wildman–Crippen LogP) is 3.36. The highest BCUT2D eigenvalue weighted by atomic mass is 16.3. The summed E-state index contributed by atoms with van der Waals surface area (Å²) in [6.07, 6.45) is 8.75. The summed E-state index contributed by atoms with van der Waals surface area (Å²) in [6, 6.07) is 13.9. The third-order valence-electron chi connectivity index (χ3n) is 3.29. The van der Waals surface area contributed by atoms with E-state index in [4.69, 9.17) is 10.2 Å². The number of aromatic nitrogens is 4. The maximum atomic E-state index is 9.03. The van der Waals surface area contributed by atoms with E-state index >= 15 is 0 Å². The average molecular weight is 320 g/mol. The smallest absolute Gasteiger partial charge is 0.137 e. The molecule has 2 aromatic heterocycles. The predicted molar refractivity (Wildman–Crippen MR) is 90.9 cm³/mol. The number of phenols is 2. The molecule has 4 rings (SSSR count). The van der Waals surface area contributed by atoms with E-state index < -0.39 is 0 Å². The van der Waals surface area contributed by atoms with Gasteiger partial charge >= 0.3 is 0 Å². The van der Waals surface area contributed by atoms with Crippen LogP contribution >= 0.6 is 0 Å². The van der Waals surface area contributed by atoms with Crippen molar-refractivity contribution in [2.75, 3.05) is 0 Å². The molecule has 0 aliphatic heterocycles. The molecule has 2 aromatic carbocycles. The summed E-state index contributed by atoms with van der Waals surface area (Å²) in [5.41, 5.74) is 1.96. The van der Waals surface area contributed by atoms with Crippen molar-refractivity contribution in [3.63, 3.8) is 0 Å². The van der Waals surface area contributed by atoms with Gasteiger partial charge < -0.3 is 19.8 Å². The molecular formula is C18H16N4O2. The normalized spacial score (nSPS) is 10.0. The number of rotatable bonds is 2. The van der Waals surface area contributed by atoms with Crippen LogP contribution in [-0.2, 0) is 0 Å². The van der Waals surface area contributed by atoms with Crippen LogP contribution in [-0.4, -0.2) is 29.7 Å². The van der Waals surface area contributed by atoms with Crippen molar-refractivity contribution in [2.45, 2.75) is 0 Å². The quantitative estimate of drug-likeness (QED) is 0.528. The number of hydrogen-bond acceptors (Lipinski definition) is 4. The number of imidazole rings is 2. The summed E-state index contributed by atoms with van der Waals surface area (Å²) >= 11 is 0. The van der Waals surface area contributed by atoms with Gasteiger partial charge in [0.15, 0.2) is 0 Å². The molecule has 3 N–H and O–H groups in total. The molecule has 6 heteroatoms. The minimum atomic E-state index is 0.269. The van der Waals surface area contributed by atoms with Crippen molar-refractivity contribution in [3.8, 4) is 28.6 Å². The summed E-state index contributed by atoms with van der Waals surface area (Å²) in [5.74, 6) is 1.36. The Morgan fingerprint density at radius 1 is 0.833 bits per heavy atom. The Bertz CT molecular complexity index is 777. The zero-order valence-corrected chi connectivity index (χ0v) is 12.7. The first-order valence-corrected chi connectivity index (χ1v) is 7.28. The van der Waals surface area contributed by atoms with Crippen LogP contribution in [0, 0.1) is 0 Å². The number of aromatic hydroxyl groups is 2. The third kappa shape index (κ3) is 3.80. The van der Waals surface area contributed by atoms with E-state index in [1.807, 2.05) is 35.0 Å². The van der Waals surface area contributed by atoms with E-state index in [2.05, 4.69) is 15.0 Å². The Morgan fingerprint density at radius 3 is 2.04 bits per heavy atom. The third-order valence-corrected chi connectivity index (χ3v) is 3.29. The van der Waals surface area contributed by atoms with Gasteiger partial charge in [0, 0.05) is 36.0 Å². The Labute approximate surface area is 138 Å². The van der Waals surface area contributed by atoms with Gasteiger partial charge in [-0.3, -0.25) is 0 Å². The Hall–Kier alpha value is -3.54. The molecule has 0 atom stereocenters. The summed E-state index contributed by atoms with van der Waals surface area (Å²) < 4.78 is 1.87. The van der Waals surface area contributed by atoms with Gasteiger partial charge in [-0.15, -0.1) is 0 Å². The number of nitrogens with one attached hydrogen (secondary N) is 1. The van der Waals surface area contributed by atoms with Gasteiger partial charge in [0.25, 0.3) is 0 Å². The highest BCUT2D eigenvalue weighted by Crippen LogP contribution is 2.17. The zero-order valence-electron chi connectivity index (χ0n) is 12.7. The number of phenolic OH excluding ortho intramolecular Hbond substituents is 2. The van der Waals surface area contributed by atoms with E-state index in [0.29, 0.717) is 0 Å². The van der Waals surface area contributed by atoms with Crippen LogP contribution in [0.25, 0.3) is 17.1 Å². The summed E-state index contributed by atoms with van der Waals surface area (Å²) in [5, 5.41) is 18.1. The number of aromatic amines is 1. The van der Waals surface area contributed by atoms with Crippen LogP contribution in [0.15, 0.2) is 79.6 Å². The lowest BCUT2D eigenvalue weighted by molar-refractivity contribution is 0.475. The van der Waals surface area contributed by atoms with Gasteiger partial charge in [-0.05, 0) is 48.5 Å². The molecule has 0 saturated carbocycles. The molecule has 0 unspecified atom stereocenters. The minimum Gasteiger partial charge on any atom is -0.508 e. The van der Waals surface area contributed by atoms with Crippen molar-refractivity contribution in [3.05, 3.63) is 79.6 Å². The molecule has 0 aliphatic rings. The minimum absolute atomic E-state index is 0.269. The van der Waals surface area contributed by atoms with Crippen LogP contribution in [0.5, 0.6) is 11.5 Å². The summed E-state index contributed by atoms with van der Waals surface area (Å²) in [4.78, 5) is 11.0. The van der Waals surface area contributed by atoms with Crippen LogP contribution in [0.4, 0.5) is 0 Å². The lowest BCUT2D eigenvalue weighted by atomic mass is 10.2. The molecule has 0 bridgehead atoms. The topological polar surface area (TPSA) is 87.0 Å². The second kappa shape index (κ2) is 7.15. The Morgan fingerprint density at radius 2 is 1.50 bits per heavy atom. The molecule has 120 valence electrons. The molecule has 6 nitrogen and oxygen atoms in total. The Kier molecular flexibility index (Phi) is 4.57. The molecule has 0 amide bonds. The van der Waals surface area contributed by atoms with Gasteiger partial charge in [-0.25, -0.2) is 9.97 Å². The van der Waals surface area contributed by atoms with Crippen molar-refractivity contribution >= 4 is 0 Å². The van der Waals surface area contributed by atoms with Gasteiger partial charge in [0.2, 0.25) is 0 Å². The number of nitrogens with zero attached hydrogens (tertiary/aromatic N) is 3. The van der Waals surface area contributed by atoms with E-state index in [1.165, 1.54) is 0 Å². The van der Waals surface area contributed by atoms with Gasteiger partial charge in [-0.1, -0.05) is 0 Å². The van der Waals surface area contributed by atoms with E-state index in [9.17, 15) is 0 Å². The lowest BCUT2D eigenvalue weighted by Gasteiger charge is -2.00. The average Bonchev–Trinajstić information content (AvgIpc) is 3.31. The monoisotopic (exact) mass is 320 g/mol. The molecule has 24 heavy (non-hydrogen) atoms. The van der Waals surface area contributed by atoms with Crippen LogP contribution in [0.1, 0.15) is 0 Å². The second-order valence-corrected chi connectivity index (χ2v) is 4.97. The summed E-state index contributed by atoms with van der Waals surface area (Å²) in [7, 11) is 0. The molecule has 0 fully saturated rings. The van der Waals surface area contributed by atoms with Gasteiger partial charge in [0.1, 0.15) is 17.3 Å². The number of hydrogen-bond donors (Lipinski definition) is 3. The van der Waals surface area contributed by atoms with Crippen molar-refractivity contribution in [1.82, 2.24) is 19.5 Å². The highest BCUT2D eigenvalue weighted by Gasteiger charge is 1.97. The fourth-order valence-corrected chi connectivity index (χ4v) is 2.08. The zero-order chi connectivity index (χ0) is 16.8. The Balaban J connectivity index is 0.000000141. The molecule has 2 heterocycles. The molecule has 0 aliphatic carbocycles. The fraction of sp³-hybridized carbons (Fsp3) is 0. The van der Waals surface area contributed by atoms with E-state index in [0.717, 1.165) is 17.1 Å². The largest absolute Gasteiger partial charge is 0.508 e. The van der Waals surface area contributed by atoms with Crippen molar-refractivity contribution < 1.29 is 10.2 Å². The van der Waals surface area contributed by atoms with E-state index in [1.54, 1.807) is 49.2 Å². The first-order chi connectivity index (χ1) is 11.7. The lowest BCUT2D eigenvalue weighted by Crippen LogP contribution is -1.87. The maximum Gasteiger partial charge on any atom is 0.137 e. The van der Waals surface area contributed by atoms with Crippen LogP contribution < -0.4 is 0 Å². The van der Waals surface area contributed by atoms with Crippen LogP contribution in [0.3, 0.4) is 0 Å². The summed E-state index contributed by atoms with van der Waals surface area (Å²) in [6.45, 7) is 0. The standard InChI is InChI=1S/2C9H8N2O/c12-9-3-1-8(2-4-9)11-6-5-10-7-11;12-8-3-1-7(2-4-8)9-10-5-6-11-9/h1-7,12H;1-6,12H,(H,10,11). The highest BCUT2D eigenvalue weighted by molar-refractivity contribution is 5.55. The second-order valence-electron chi connectivity index (χ2n) is 4.97. The SMILES string of the molecule is Oc1ccc(-c2ncc[nH]2)cc1.Oc1ccc(-n2ccnc2)cc1. The van der Waals surface area contributed by atoms with E-state index in [-0.39, 0.29) is 11.5 Å². The number of H-pyrrole nitrogens is 1. The van der Waals surface area contributed by atoms with Crippen molar-refractivity contribution in [2.24, 2.45) is 0 Å². The van der Waals surface area contributed by atoms with Crippen LogP contribution in [0.2, 0.25) is 0 Å². The maximum absolute atomic E-state index is 9.03. The van der Waals surface area contributed by atoms with Gasteiger partial charge in [-0.2, -0.15) is 0 Å². The molecular weight excluding hydrogens is 304 g/mol. The first kappa shape index (κ1) is 15.4. The first-order valence-electron chi connectivity index (χ1n) is 7.28. The molecule has 0 spiro atoms.